The first-order valence-electron chi connectivity index (χ1n) is 6.06. The highest BCUT2D eigenvalue weighted by atomic mass is 79.9. The normalized spacial score (nSPS) is 12.2. The monoisotopic (exact) mass is 298 g/mol. The lowest BCUT2D eigenvalue weighted by molar-refractivity contribution is 0.0933. The lowest BCUT2D eigenvalue weighted by Crippen LogP contribution is -2.32. The first-order valence-corrected chi connectivity index (χ1v) is 6.85. The quantitative estimate of drug-likeness (QED) is 0.816. The van der Waals surface area contributed by atoms with Gasteiger partial charge in [0, 0.05) is 16.7 Å². The van der Waals surface area contributed by atoms with E-state index in [2.05, 4.69) is 33.2 Å². The number of unbranched alkanes of at least 4 members (excludes halogenated alkanes) is 2. The largest absolute Gasteiger partial charge is 0.348 e. The van der Waals surface area contributed by atoms with Crippen molar-refractivity contribution >= 4 is 21.8 Å². The molecule has 1 rings (SSSR count). The molecule has 94 valence electrons. The number of halogens is 1. The minimum Gasteiger partial charge on any atom is -0.348 e. The number of carbonyl (C=O) groups excluding carboxylic acids is 1. The number of amides is 1. The minimum absolute atomic E-state index is 0.0958. The lowest BCUT2D eigenvalue weighted by Gasteiger charge is -2.13. The molecule has 4 heteroatoms. The molecule has 1 N–H and O–H groups in total. The summed E-state index contributed by atoms with van der Waals surface area (Å²) < 4.78 is 0.880. The summed E-state index contributed by atoms with van der Waals surface area (Å²) in [5.41, 5.74) is 0.468. The van der Waals surface area contributed by atoms with Crippen LogP contribution in [-0.4, -0.2) is 16.9 Å². The molecular formula is C13H19BrN2O. The molecule has 0 saturated heterocycles. The SMILES string of the molecule is CCCCCC(C)NC(=O)c1ccc(Br)cn1. The smallest absolute Gasteiger partial charge is 0.270 e. The first-order chi connectivity index (χ1) is 8.13. The molecule has 0 aliphatic carbocycles. The summed E-state index contributed by atoms with van der Waals surface area (Å²) in [4.78, 5) is 15.9. The summed E-state index contributed by atoms with van der Waals surface area (Å²) in [5, 5.41) is 2.96. The highest BCUT2D eigenvalue weighted by Crippen LogP contribution is 2.08. The first kappa shape index (κ1) is 14.2. The molecule has 1 unspecified atom stereocenters. The van der Waals surface area contributed by atoms with Crippen LogP contribution in [0.5, 0.6) is 0 Å². The number of pyridine rings is 1. The second-order valence-electron chi connectivity index (χ2n) is 4.23. The van der Waals surface area contributed by atoms with Gasteiger partial charge in [-0.25, -0.2) is 4.98 Å². The van der Waals surface area contributed by atoms with E-state index in [1.807, 2.05) is 13.0 Å². The van der Waals surface area contributed by atoms with Gasteiger partial charge in [0.1, 0.15) is 5.69 Å². The molecule has 1 atom stereocenters. The van der Waals surface area contributed by atoms with Gasteiger partial charge in [-0.05, 0) is 41.4 Å². The van der Waals surface area contributed by atoms with Gasteiger partial charge >= 0.3 is 0 Å². The van der Waals surface area contributed by atoms with E-state index in [4.69, 9.17) is 0 Å². The minimum atomic E-state index is -0.0958. The lowest BCUT2D eigenvalue weighted by atomic mass is 10.1. The fourth-order valence-electron chi connectivity index (χ4n) is 1.58. The Labute approximate surface area is 111 Å². The Morgan fingerprint density at radius 3 is 2.82 bits per heavy atom. The number of rotatable bonds is 6. The highest BCUT2D eigenvalue weighted by Gasteiger charge is 2.10. The van der Waals surface area contributed by atoms with Gasteiger partial charge in [0.25, 0.3) is 5.91 Å². The third-order valence-electron chi connectivity index (χ3n) is 2.58. The topological polar surface area (TPSA) is 42.0 Å². The summed E-state index contributed by atoms with van der Waals surface area (Å²) >= 11 is 3.29. The van der Waals surface area contributed by atoms with Crippen LogP contribution in [0.4, 0.5) is 0 Å². The number of hydrogen-bond donors (Lipinski definition) is 1. The van der Waals surface area contributed by atoms with Crippen LogP contribution in [0.3, 0.4) is 0 Å². The van der Waals surface area contributed by atoms with E-state index >= 15 is 0 Å². The molecule has 0 spiro atoms. The van der Waals surface area contributed by atoms with Crippen molar-refractivity contribution in [1.82, 2.24) is 10.3 Å². The third kappa shape index (κ3) is 5.31. The number of aromatic nitrogens is 1. The molecule has 0 radical (unpaired) electrons. The molecule has 17 heavy (non-hydrogen) atoms. The summed E-state index contributed by atoms with van der Waals surface area (Å²) in [6, 6.07) is 3.75. The highest BCUT2D eigenvalue weighted by molar-refractivity contribution is 9.10. The summed E-state index contributed by atoms with van der Waals surface area (Å²) in [6.07, 6.45) is 6.24. The summed E-state index contributed by atoms with van der Waals surface area (Å²) in [5.74, 6) is -0.0958. The number of nitrogens with one attached hydrogen (secondary N) is 1. The van der Waals surface area contributed by atoms with Crippen molar-refractivity contribution in [2.24, 2.45) is 0 Å². The maximum absolute atomic E-state index is 11.8. The Hall–Kier alpha value is -0.900. The number of nitrogens with zero attached hydrogens (tertiary/aromatic N) is 1. The van der Waals surface area contributed by atoms with E-state index in [1.165, 1.54) is 12.8 Å². The molecule has 0 saturated carbocycles. The zero-order valence-electron chi connectivity index (χ0n) is 10.4. The Bertz CT molecular complexity index is 351. The molecule has 1 heterocycles. The summed E-state index contributed by atoms with van der Waals surface area (Å²) in [7, 11) is 0. The second-order valence-corrected chi connectivity index (χ2v) is 5.15. The predicted molar refractivity (Wildman–Crippen MR) is 73.0 cm³/mol. The van der Waals surface area contributed by atoms with Crippen molar-refractivity contribution in [3.63, 3.8) is 0 Å². The van der Waals surface area contributed by atoms with E-state index in [9.17, 15) is 4.79 Å². The van der Waals surface area contributed by atoms with E-state index in [1.54, 1.807) is 12.3 Å². The fraction of sp³-hybridized carbons (Fsp3) is 0.538. The maximum Gasteiger partial charge on any atom is 0.270 e. The summed E-state index contributed by atoms with van der Waals surface area (Å²) in [6.45, 7) is 4.21. The van der Waals surface area contributed by atoms with Crippen LogP contribution in [0.1, 0.15) is 50.0 Å². The van der Waals surface area contributed by atoms with E-state index in [-0.39, 0.29) is 11.9 Å². The van der Waals surface area contributed by atoms with Crippen molar-refractivity contribution in [3.8, 4) is 0 Å². The van der Waals surface area contributed by atoms with Crippen LogP contribution >= 0.6 is 15.9 Å². The van der Waals surface area contributed by atoms with Crippen molar-refractivity contribution in [1.29, 1.82) is 0 Å². The standard InChI is InChI=1S/C13H19BrN2O/c1-3-4-5-6-10(2)16-13(17)12-8-7-11(14)9-15-12/h7-10H,3-6H2,1-2H3,(H,16,17). The second kappa shape index (κ2) is 7.43. The molecule has 0 aliphatic heterocycles. The van der Waals surface area contributed by atoms with Crippen LogP contribution in [0.25, 0.3) is 0 Å². The Morgan fingerprint density at radius 2 is 2.24 bits per heavy atom. The van der Waals surface area contributed by atoms with Crippen molar-refractivity contribution in [3.05, 3.63) is 28.5 Å². The van der Waals surface area contributed by atoms with Gasteiger partial charge in [0.15, 0.2) is 0 Å². The molecule has 0 bridgehead atoms. The predicted octanol–water partition coefficient (Wildman–Crippen LogP) is 3.54. The van der Waals surface area contributed by atoms with Crippen LogP contribution < -0.4 is 5.32 Å². The van der Waals surface area contributed by atoms with E-state index < -0.39 is 0 Å². The molecule has 0 aliphatic rings. The zero-order chi connectivity index (χ0) is 12.7. The van der Waals surface area contributed by atoms with Gasteiger partial charge in [0.05, 0.1) is 0 Å². The zero-order valence-corrected chi connectivity index (χ0v) is 12.0. The number of hydrogen-bond acceptors (Lipinski definition) is 2. The molecule has 0 fully saturated rings. The Morgan fingerprint density at radius 1 is 1.47 bits per heavy atom. The van der Waals surface area contributed by atoms with Gasteiger partial charge < -0.3 is 5.32 Å². The van der Waals surface area contributed by atoms with Crippen LogP contribution in [0, 0.1) is 0 Å². The van der Waals surface area contributed by atoms with Gasteiger partial charge in [-0.2, -0.15) is 0 Å². The average molecular weight is 299 g/mol. The van der Waals surface area contributed by atoms with E-state index in [0.717, 1.165) is 17.3 Å². The molecule has 1 amide bonds. The van der Waals surface area contributed by atoms with Gasteiger partial charge in [-0.1, -0.05) is 26.2 Å². The van der Waals surface area contributed by atoms with Gasteiger partial charge in [-0.3, -0.25) is 4.79 Å². The maximum atomic E-state index is 11.8. The average Bonchev–Trinajstić information content (AvgIpc) is 2.30. The third-order valence-corrected chi connectivity index (χ3v) is 3.05. The van der Waals surface area contributed by atoms with Crippen molar-refractivity contribution in [2.75, 3.05) is 0 Å². The van der Waals surface area contributed by atoms with Crippen LogP contribution in [0.2, 0.25) is 0 Å². The molecule has 1 aromatic rings. The molecular weight excluding hydrogens is 280 g/mol. The fourth-order valence-corrected chi connectivity index (χ4v) is 1.82. The Kier molecular flexibility index (Phi) is 6.19. The van der Waals surface area contributed by atoms with E-state index in [0.29, 0.717) is 5.69 Å². The van der Waals surface area contributed by atoms with Crippen molar-refractivity contribution in [2.45, 2.75) is 45.6 Å². The van der Waals surface area contributed by atoms with Crippen LogP contribution in [0.15, 0.2) is 22.8 Å². The van der Waals surface area contributed by atoms with Gasteiger partial charge in [-0.15, -0.1) is 0 Å². The van der Waals surface area contributed by atoms with Gasteiger partial charge in [0.2, 0.25) is 0 Å². The van der Waals surface area contributed by atoms with Crippen LogP contribution in [-0.2, 0) is 0 Å². The molecule has 0 aromatic carbocycles. The molecule has 3 nitrogen and oxygen atoms in total. The molecule has 1 aromatic heterocycles. The Balaban J connectivity index is 2.40. The number of carbonyl (C=O) groups is 1. The van der Waals surface area contributed by atoms with Crippen molar-refractivity contribution < 1.29 is 4.79 Å².